The van der Waals surface area contributed by atoms with Crippen molar-refractivity contribution in [1.82, 2.24) is 4.90 Å². The van der Waals surface area contributed by atoms with Gasteiger partial charge in [-0.3, -0.25) is 4.79 Å². The van der Waals surface area contributed by atoms with Gasteiger partial charge in [0.15, 0.2) is 0 Å². The first-order valence-electron chi connectivity index (χ1n) is 8.68. The number of carbonyl (C=O) groups excluding carboxylic acids is 2. The topological polar surface area (TPSA) is 93.1 Å². The van der Waals surface area contributed by atoms with Gasteiger partial charge in [0.25, 0.3) is 0 Å². The number of ether oxygens (including phenoxy) is 2. The van der Waals surface area contributed by atoms with Crippen molar-refractivity contribution in [3.05, 3.63) is 12.2 Å². The van der Waals surface area contributed by atoms with Crippen LogP contribution in [0.25, 0.3) is 0 Å². The van der Waals surface area contributed by atoms with Gasteiger partial charge in [0.05, 0.1) is 12.5 Å². The van der Waals surface area contributed by atoms with E-state index in [0.29, 0.717) is 39.0 Å². The molecule has 0 aliphatic carbocycles. The Balaban J connectivity index is 2.75. The van der Waals surface area contributed by atoms with Gasteiger partial charge in [-0.25, -0.2) is 9.59 Å². The molecular weight excluding hydrogens is 326 g/mol. The molecule has 2 atom stereocenters. The molecule has 1 heterocycles. The van der Waals surface area contributed by atoms with E-state index in [1.54, 1.807) is 17.9 Å². The molecule has 0 radical (unpaired) electrons. The van der Waals surface area contributed by atoms with Crippen molar-refractivity contribution in [3.8, 4) is 0 Å². The number of hydrogen-bond acceptors (Lipinski definition) is 5. The lowest BCUT2D eigenvalue weighted by Gasteiger charge is -2.38. The molecule has 142 valence electrons. The number of piperidine rings is 1. The smallest absolute Gasteiger partial charge is 0.410 e. The molecule has 0 spiro atoms. The van der Waals surface area contributed by atoms with Crippen LogP contribution in [-0.2, 0) is 19.1 Å². The van der Waals surface area contributed by atoms with E-state index in [4.69, 9.17) is 14.6 Å². The Morgan fingerprint density at radius 1 is 1.28 bits per heavy atom. The summed E-state index contributed by atoms with van der Waals surface area (Å²) in [7, 11) is 0. The number of carboxylic acids is 1. The fourth-order valence-electron chi connectivity index (χ4n) is 2.87. The van der Waals surface area contributed by atoms with Crippen LogP contribution >= 0.6 is 0 Å². The van der Waals surface area contributed by atoms with Gasteiger partial charge in [-0.2, -0.15) is 0 Å². The number of amides is 1. The van der Waals surface area contributed by atoms with Crippen LogP contribution in [0.5, 0.6) is 0 Å². The number of nitrogens with zero attached hydrogens (tertiary/aromatic N) is 1. The summed E-state index contributed by atoms with van der Waals surface area (Å²) >= 11 is 0. The van der Waals surface area contributed by atoms with E-state index in [1.807, 2.05) is 20.8 Å². The number of aliphatic carboxylic acids is 1. The molecule has 7 nitrogen and oxygen atoms in total. The van der Waals surface area contributed by atoms with E-state index in [-0.39, 0.29) is 23.9 Å². The highest BCUT2D eigenvalue weighted by Crippen LogP contribution is 2.29. The second-order valence-corrected chi connectivity index (χ2v) is 7.15. The highest BCUT2D eigenvalue weighted by Gasteiger charge is 2.37. The Labute approximate surface area is 149 Å². The average Bonchev–Trinajstić information content (AvgIpc) is 2.49. The molecule has 1 aliphatic rings. The maximum atomic E-state index is 12.3. The molecule has 1 fully saturated rings. The molecule has 0 bridgehead atoms. The summed E-state index contributed by atoms with van der Waals surface area (Å²) in [5.74, 6) is -1.62. The molecule has 1 N–H and O–H groups in total. The summed E-state index contributed by atoms with van der Waals surface area (Å²) in [6.07, 6.45) is 3.92. The van der Waals surface area contributed by atoms with Crippen LogP contribution < -0.4 is 0 Å². The highest BCUT2D eigenvalue weighted by atomic mass is 16.6. The molecule has 1 amide bonds. The van der Waals surface area contributed by atoms with E-state index in [1.165, 1.54) is 0 Å². The van der Waals surface area contributed by atoms with Gasteiger partial charge in [0, 0.05) is 19.2 Å². The summed E-state index contributed by atoms with van der Waals surface area (Å²) in [5.41, 5.74) is -0.575. The van der Waals surface area contributed by atoms with Gasteiger partial charge in [0.1, 0.15) is 5.60 Å². The first-order chi connectivity index (χ1) is 11.6. The lowest BCUT2D eigenvalue weighted by molar-refractivity contribution is -0.152. The molecule has 0 aromatic heterocycles. The lowest BCUT2D eigenvalue weighted by atomic mass is 9.82. The Kier molecular flexibility index (Phi) is 7.93. The number of esters is 1. The third kappa shape index (κ3) is 7.58. The van der Waals surface area contributed by atoms with Gasteiger partial charge >= 0.3 is 18.0 Å². The van der Waals surface area contributed by atoms with Crippen molar-refractivity contribution in [2.75, 3.05) is 19.7 Å². The van der Waals surface area contributed by atoms with E-state index in [2.05, 4.69) is 0 Å². The van der Waals surface area contributed by atoms with E-state index < -0.39 is 11.6 Å². The standard InChI is InChI=1S/C18H29NO6/c1-5-24-16(22)14-10-11-19(17(23)25-18(2,3)4)12-13(14)8-6-7-9-15(20)21/h7,9,13-14H,5-6,8,10-12H2,1-4H3,(H,20,21)/b9-7+/t13-,14+/m1/s1. The number of likely N-dealkylation sites (tertiary alicyclic amines) is 1. The minimum absolute atomic E-state index is 0.0845. The predicted octanol–water partition coefficient (Wildman–Crippen LogP) is 2.84. The Bertz CT molecular complexity index is 508. The van der Waals surface area contributed by atoms with E-state index >= 15 is 0 Å². The van der Waals surface area contributed by atoms with Crippen molar-refractivity contribution in [3.63, 3.8) is 0 Å². The fourth-order valence-corrected chi connectivity index (χ4v) is 2.87. The van der Waals surface area contributed by atoms with Gasteiger partial charge in [-0.1, -0.05) is 6.08 Å². The van der Waals surface area contributed by atoms with Gasteiger partial charge < -0.3 is 19.5 Å². The Morgan fingerprint density at radius 3 is 2.52 bits per heavy atom. The number of allylic oxidation sites excluding steroid dienone is 1. The highest BCUT2D eigenvalue weighted by molar-refractivity contribution is 5.79. The molecule has 0 aromatic rings. The molecule has 0 unspecified atom stereocenters. The minimum Gasteiger partial charge on any atom is -0.478 e. The van der Waals surface area contributed by atoms with Crippen molar-refractivity contribution in [2.24, 2.45) is 11.8 Å². The van der Waals surface area contributed by atoms with Crippen LogP contribution in [0.2, 0.25) is 0 Å². The molecule has 1 aliphatic heterocycles. The molecule has 0 saturated carbocycles. The average molecular weight is 355 g/mol. The van der Waals surface area contributed by atoms with E-state index in [0.717, 1.165) is 6.08 Å². The van der Waals surface area contributed by atoms with Gasteiger partial charge in [-0.15, -0.1) is 0 Å². The quantitative estimate of drug-likeness (QED) is 0.582. The molecule has 1 saturated heterocycles. The molecule has 1 rings (SSSR count). The number of rotatable bonds is 6. The monoisotopic (exact) mass is 355 g/mol. The second kappa shape index (κ2) is 9.44. The summed E-state index contributed by atoms with van der Waals surface area (Å²) in [4.78, 5) is 36.6. The third-order valence-electron chi connectivity index (χ3n) is 3.94. The number of carboxylic acid groups (broad SMARTS) is 1. The van der Waals surface area contributed by atoms with Gasteiger partial charge in [0.2, 0.25) is 0 Å². The van der Waals surface area contributed by atoms with Crippen LogP contribution in [0.15, 0.2) is 12.2 Å². The zero-order valence-corrected chi connectivity index (χ0v) is 15.5. The van der Waals surface area contributed by atoms with Gasteiger partial charge in [-0.05, 0) is 52.9 Å². The number of carbonyl (C=O) groups is 3. The normalized spacial score (nSPS) is 21.2. The van der Waals surface area contributed by atoms with Crippen LogP contribution in [-0.4, -0.2) is 53.3 Å². The Morgan fingerprint density at radius 2 is 1.96 bits per heavy atom. The maximum Gasteiger partial charge on any atom is 0.410 e. The molecule has 0 aromatic carbocycles. The molecule has 25 heavy (non-hydrogen) atoms. The van der Waals surface area contributed by atoms with Crippen LogP contribution in [0, 0.1) is 11.8 Å². The summed E-state index contributed by atoms with van der Waals surface area (Å²) < 4.78 is 10.6. The van der Waals surface area contributed by atoms with Crippen molar-refractivity contribution in [2.45, 2.75) is 52.6 Å². The largest absolute Gasteiger partial charge is 0.478 e. The summed E-state index contributed by atoms with van der Waals surface area (Å²) in [6.45, 7) is 8.35. The summed E-state index contributed by atoms with van der Waals surface area (Å²) in [6, 6.07) is 0. The summed E-state index contributed by atoms with van der Waals surface area (Å²) in [5, 5.41) is 8.65. The minimum atomic E-state index is -0.999. The van der Waals surface area contributed by atoms with Crippen LogP contribution in [0.3, 0.4) is 0 Å². The second-order valence-electron chi connectivity index (χ2n) is 7.15. The molecule has 7 heteroatoms. The first kappa shape index (κ1) is 21.0. The van der Waals surface area contributed by atoms with E-state index in [9.17, 15) is 14.4 Å². The number of hydrogen-bond donors (Lipinski definition) is 1. The molecular formula is C18H29NO6. The maximum absolute atomic E-state index is 12.3. The zero-order valence-electron chi connectivity index (χ0n) is 15.5. The fraction of sp³-hybridized carbons (Fsp3) is 0.722. The Hall–Kier alpha value is -2.05. The van der Waals surface area contributed by atoms with Crippen molar-refractivity contribution < 1.29 is 29.0 Å². The predicted molar refractivity (Wildman–Crippen MR) is 92.0 cm³/mol. The van der Waals surface area contributed by atoms with Crippen LogP contribution in [0.1, 0.15) is 47.0 Å². The van der Waals surface area contributed by atoms with Crippen molar-refractivity contribution >= 4 is 18.0 Å². The third-order valence-corrected chi connectivity index (χ3v) is 3.94. The lowest BCUT2D eigenvalue weighted by Crippen LogP contribution is -2.47. The SMILES string of the molecule is CCOC(=O)[C@H]1CCN(C(=O)OC(C)(C)C)C[C@H]1CC/C=C/C(=O)O. The zero-order chi connectivity index (χ0) is 19.0. The van der Waals surface area contributed by atoms with Crippen LogP contribution in [0.4, 0.5) is 4.79 Å². The van der Waals surface area contributed by atoms with Crippen molar-refractivity contribution in [1.29, 1.82) is 0 Å². The first-order valence-corrected chi connectivity index (χ1v) is 8.68.